The summed E-state index contributed by atoms with van der Waals surface area (Å²) in [7, 11) is 0. The molecule has 13 heavy (non-hydrogen) atoms. The van der Waals surface area contributed by atoms with Crippen LogP contribution in [0.1, 0.15) is 20.8 Å². The third kappa shape index (κ3) is 3870. The van der Waals surface area contributed by atoms with Gasteiger partial charge in [0.05, 0.1) is 0 Å². The number of carbonyl (C=O) groups is 2. The van der Waals surface area contributed by atoms with Crippen LogP contribution in [0.3, 0.4) is 0 Å². The van der Waals surface area contributed by atoms with Gasteiger partial charge in [0.15, 0.2) is 0 Å². The molecule has 0 fully saturated rings. The van der Waals surface area contributed by atoms with E-state index in [0.717, 1.165) is 13.8 Å². The predicted octanol–water partition coefficient (Wildman–Crippen LogP) is -3.32. The fourth-order valence-electron chi connectivity index (χ4n) is 0. The fourth-order valence-corrected chi connectivity index (χ4v) is 0. The van der Waals surface area contributed by atoms with Crippen LogP contribution in [0.15, 0.2) is 0 Å². The maximum Gasteiger partial charge on any atom is 2.00 e. The molecule has 7 heteroatoms. The number of aliphatic carboxylic acids is 2. The van der Waals surface area contributed by atoms with Gasteiger partial charge in [0.1, 0.15) is 0 Å². The van der Waals surface area contributed by atoms with Crippen molar-refractivity contribution in [1.29, 1.82) is 0 Å². The second-order valence-corrected chi connectivity index (χ2v) is 1.30. The van der Waals surface area contributed by atoms with Gasteiger partial charge in [-0.15, -0.1) is 0 Å². The topological polar surface area (TPSA) is 132 Å². The van der Waals surface area contributed by atoms with E-state index in [1.807, 2.05) is 0 Å². The van der Waals surface area contributed by atoms with Crippen LogP contribution in [0.5, 0.6) is 0 Å². The zero-order valence-corrected chi connectivity index (χ0v) is 11.0. The second-order valence-electron chi connectivity index (χ2n) is 1.30. The van der Waals surface area contributed by atoms with E-state index in [-0.39, 0.29) is 31.6 Å². The Kier molecular flexibility index (Phi) is 67.9. The Labute approximate surface area is 89.6 Å². The Morgan fingerprint density at radius 3 is 1.15 bits per heavy atom. The van der Waals surface area contributed by atoms with Crippen molar-refractivity contribution in [3.8, 4) is 0 Å². The number of carboxylic acid groups (broad SMARTS) is 2. The number of rotatable bonds is 0. The van der Waals surface area contributed by atoms with Crippen molar-refractivity contribution >= 4 is 11.9 Å². The molecule has 0 radical (unpaired) electrons. The summed E-state index contributed by atoms with van der Waals surface area (Å²) in [6, 6.07) is 0. The Balaban J connectivity index is -0.0000000231. The number of aliphatic hydroxyl groups excluding tert-OH is 1. The van der Waals surface area contributed by atoms with Crippen LogP contribution >= 0.6 is 0 Å². The van der Waals surface area contributed by atoms with Crippen LogP contribution in [0.25, 0.3) is 0 Å². The number of carbonyl (C=O) groups excluding carboxylic acids is 2. The van der Waals surface area contributed by atoms with Crippen LogP contribution in [-0.4, -0.2) is 29.1 Å². The summed E-state index contributed by atoms with van der Waals surface area (Å²) in [6.45, 7) is 3.88. The Hall–Kier alpha value is -0.517. The fraction of sp³-hybridized carbons (Fsp3) is 0.667. The molecule has 0 atom stereocenters. The standard InChI is InChI=1S/2C2H4O2.C2H6O.H2O.Zn/c2*1-2(3)4;1-2-3;;/h2*1H3,(H,3,4);3H,2H2,1H3;1H2;/q;;;;+2/p-2. The van der Waals surface area contributed by atoms with Gasteiger partial charge in [-0.2, -0.15) is 0 Å². The third-order valence-corrected chi connectivity index (χ3v) is 0. The van der Waals surface area contributed by atoms with Gasteiger partial charge in [0.25, 0.3) is 0 Å². The maximum absolute atomic E-state index is 8.89. The summed E-state index contributed by atoms with van der Waals surface area (Å²) in [4.78, 5) is 17.8. The predicted molar refractivity (Wildman–Crippen MR) is 37.7 cm³/mol. The normalized spacial score (nSPS) is 5.23. The number of carboxylic acids is 2. The first-order chi connectivity index (χ1) is 4.88. The van der Waals surface area contributed by atoms with Crippen molar-refractivity contribution in [2.45, 2.75) is 20.8 Å². The van der Waals surface area contributed by atoms with Crippen LogP contribution < -0.4 is 10.2 Å². The zero-order valence-electron chi connectivity index (χ0n) is 7.99. The van der Waals surface area contributed by atoms with Crippen molar-refractivity contribution in [2.75, 3.05) is 6.61 Å². The van der Waals surface area contributed by atoms with E-state index in [2.05, 4.69) is 0 Å². The molecule has 0 aromatic carbocycles. The Morgan fingerprint density at radius 1 is 1.15 bits per heavy atom. The van der Waals surface area contributed by atoms with Crippen molar-refractivity contribution < 1.29 is 49.9 Å². The molecule has 0 saturated heterocycles. The number of hydrogen-bond donors (Lipinski definition) is 1. The first-order valence-corrected chi connectivity index (χ1v) is 2.84. The Morgan fingerprint density at radius 2 is 1.15 bits per heavy atom. The molecule has 0 aromatic rings. The molecule has 0 spiro atoms. The van der Waals surface area contributed by atoms with Gasteiger partial charge in [-0.05, 0) is 20.8 Å². The SMILES string of the molecule is CC(=O)[O-].CC(=O)[O-].CCO.O.[Zn+2]. The van der Waals surface area contributed by atoms with Gasteiger partial charge >= 0.3 is 19.5 Å². The molecule has 0 aliphatic carbocycles. The van der Waals surface area contributed by atoms with Crippen molar-refractivity contribution in [3.63, 3.8) is 0 Å². The van der Waals surface area contributed by atoms with Crippen LogP contribution in [-0.2, 0) is 29.1 Å². The maximum atomic E-state index is 8.89. The van der Waals surface area contributed by atoms with E-state index in [9.17, 15) is 0 Å². The summed E-state index contributed by atoms with van der Waals surface area (Å²) < 4.78 is 0. The van der Waals surface area contributed by atoms with Crippen LogP contribution in [0.2, 0.25) is 0 Å². The average molecular weight is 248 g/mol. The molecule has 0 aromatic heterocycles. The van der Waals surface area contributed by atoms with E-state index in [4.69, 9.17) is 24.9 Å². The molecule has 0 aliphatic heterocycles. The molecule has 76 valence electrons. The molecule has 0 bridgehead atoms. The van der Waals surface area contributed by atoms with Crippen molar-refractivity contribution in [1.82, 2.24) is 0 Å². The van der Waals surface area contributed by atoms with E-state index in [1.54, 1.807) is 6.92 Å². The second kappa shape index (κ2) is 30.0. The van der Waals surface area contributed by atoms with E-state index < -0.39 is 11.9 Å². The molecule has 0 rings (SSSR count). The molecular weight excluding hydrogens is 233 g/mol. The summed E-state index contributed by atoms with van der Waals surface area (Å²) in [6.07, 6.45) is 0. The van der Waals surface area contributed by atoms with E-state index >= 15 is 0 Å². The minimum atomic E-state index is -1.08. The summed E-state index contributed by atoms with van der Waals surface area (Å²) >= 11 is 0. The van der Waals surface area contributed by atoms with Gasteiger partial charge in [-0.1, -0.05) is 0 Å². The smallest absolute Gasteiger partial charge is 0.550 e. The molecule has 0 heterocycles. The van der Waals surface area contributed by atoms with E-state index in [0.29, 0.717) is 0 Å². The first kappa shape index (κ1) is 29.4. The first-order valence-electron chi connectivity index (χ1n) is 2.84. The zero-order chi connectivity index (χ0) is 9.86. The van der Waals surface area contributed by atoms with Gasteiger partial charge in [-0.25, -0.2) is 0 Å². The number of aliphatic hydroxyl groups is 1. The van der Waals surface area contributed by atoms with Gasteiger partial charge in [-0.3, -0.25) is 0 Å². The molecule has 6 nitrogen and oxygen atoms in total. The van der Waals surface area contributed by atoms with Gasteiger partial charge in [0, 0.05) is 18.5 Å². The number of hydrogen-bond acceptors (Lipinski definition) is 5. The third-order valence-electron chi connectivity index (χ3n) is 0. The van der Waals surface area contributed by atoms with Crippen molar-refractivity contribution in [2.24, 2.45) is 0 Å². The Bertz CT molecular complexity index is 85.3. The van der Waals surface area contributed by atoms with Gasteiger partial charge < -0.3 is 30.4 Å². The molecule has 3 N–H and O–H groups in total. The molecule has 0 saturated carbocycles. The molecular formula is C6H14O6Zn. The van der Waals surface area contributed by atoms with E-state index in [1.165, 1.54) is 0 Å². The molecule has 0 aliphatic rings. The van der Waals surface area contributed by atoms with Crippen LogP contribution in [0.4, 0.5) is 0 Å². The molecule has 0 unspecified atom stereocenters. The minimum Gasteiger partial charge on any atom is -0.550 e. The van der Waals surface area contributed by atoms with Crippen LogP contribution in [0, 0.1) is 0 Å². The van der Waals surface area contributed by atoms with Gasteiger partial charge in [0.2, 0.25) is 0 Å². The summed E-state index contributed by atoms with van der Waals surface area (Å²) in [5, 5.41) is 25.3. The van der Waals surface area contributed by atoms with Crippen molar-refractivity contribution in [3.05, 3.63) is 0 Å². The monoisotopic (exact) mass is 246 g/mol. The largest absolute Gasteiger partial charge is 2.00 e. The summed E-state index contributed by atoms with van der Waals surface area (Å²) in [5.74, 6) is -2.17. The average Bonchev–Trinajstić information content (AvgIpc) is 1.60. The minimum absolute atomic E-state index is 0. The molecule has 0 amide bonds. The quantitative estimate of drug-likeness (QED) is 0.447. The summed E-state index contributed by atoms with van der Waals surface area (Å²) in [5.41, 5.74) is 0.